The molecule has 6 aromatic carbocycles. The quantitative estimate of drug-likeness (QED) is 0.164. The summed E-state index contributed by atoms with van der Waals surface area (Å²) in [5.41, 5.74) is 31.7. The number of benzene rings is 6. The predicted molar refractivity (Wildman–Crippen MR) is 311 cm³/mol. The van der Waals surface area contributed by atoms with Crippen molar-refractivity contribution < 1.29 is 0 Å². The molecule has 3 aliphatic heterocycles. The van der Waals surface area contributed by atoms with Crippen molar-refractivity contribution >= 4 is 68.6 Å². The first kappa shape index (κ1) is 45.3. The highest BCUT2D eigenvalue weighted by molar-refractivity contribution is 7.00. The summed E-state index contributed by atoms with van der Waals surface area (Å²) in [4.78, 5) is 13.3. The van der Waals surface area contributed by atoms with Gasteiger partial charge in [-0.2, -0.15) is 0 Å². The fourth-order valence-corrected chi connectivity index (χ4v) is 17.0. The molecule has 1 fully saturated rings. The third kappa shape index (κ3) is 6.49. The lowest BCUT2D eigenvalue weighted by atomic mass is 9.33. The van der Waals surface area contributed by atoms with Gasteiger partial charge in [0.25, 0.3) is 6.71 Å². The molecule has 2 unspecified atom stereocenters. The van der Waals surface area contributed by atoms with E-state index >= 15 is 0 Å². The highest BCUT2D eigenvalue weighted by Gasteiger charge is 2.58. The molecule has 5 aliphatic carbocycles. The van der Waals surface area contributed by atoms with Gasteiger partial charge in [-0.25, -0.2) is 0 Å². The van der Waals surface area contributed by atoms with E-state index in [1.54, 1.807) is 11.1 Å². The number of hydrogen-bond acceptors (Lipinski definition) is 4. The molecule has 0 saturated heterocycles. The Balaban J connectivity index is 1.05. The molecule has 0 radical (unpaired) electrons. The van der Waals surface area contributed by atoms with Crippen LogP contribution in [0, 0.1) is 21.7 Å². The van der Waals surface area contributed by atoms with Crippen LogP contribution in [0.25, 0.3) is 11.3 Å². The normalized spacial score (nSPS) is 24.1. The SMILES string of the molecule is CC1(C)Cc2ccc(N3c4cc5c(cc4B4c6cc7c(cc6N(c6ccc8c(c6)CC(C)(C)C8)c6cc(N8c9ccc(-c%10ccccn%10)cc9C9(C)CCCCC89C)cc3c64)CC(C)(C)C7)CC(C)(C)C5)cc2C1. The van der Waals surface area contributed by atoms with Crippen LogP contribution in [0.2, 0.25) is 0 Å². The lowest BCUT2D eigenvalue weighted by Gasteiger charge is -2.51. The zero-order valence-electron chi connectivity index (χ0n) is 45.8. The standard InChI is InChI=1S/C69H73BN4/c1-64(2)34-43-16-19-51(25-45(43)36-64)72-59-30-49-40-66(5,6)38-47(49)28-55(59)70-56-29-48-39-67(7,8)41-50(48)31-60(56)73(52-20-17-44-35-65(3,4)37-46(44)26-52)62-33-53(32-61(72)63(62)70)74-58-21-18-42(57-15-11-14-24-71-57)27-54(58)68(9)22-12-13-23-69(68,74)10/h11,14-21,24-33H,12-13,22-23,34-41H2,1-10H3. The van der Waals surface area contributed by atoms with Crippen molar-refractivity contribution in [3.8, 4) is 11.3 Å². The number of rotatable bonds is 4. The highest BCUT2D eigenvalue weighted by atomic mass is 15.3. The monoisotopic (exact) mass is 969 g/mol. The number of anilines is 8. The topological polar surface area (TPSA) is 22.6 Å². The summed E-state index contributed by atoms with van der Waals surface area (Å²) in [5.74, 6) is 0. The second-order valence-electron chi connectivity index (χ2n) is 28.4. The van der Waals surface area contributed by atoms with Crippen molar-refractivity contribution in [3.05, 3.63) is 165 Å². The fourth-order valence-electron chi connectivity index (χ4n) is 17.0. The zero-order chi connectivity index (χ0) is 50.6. The van der Waals surface area contributed by atoms with E-state index < -0.39 is 0 Å². The molecule has 0 spiro atoms. The second-order valence-corrected chi connectivity index (χ2v) is 28.4. The van der Waals surface area contributed by atoms with E-state index in [2.05, 4.69) is 187 Å². The van der Waals surface area contributed by atoms with Gasteiger partial charge < -0.3 is 14.7 Å². The van der Waals surface area contributed by atoms with E-state index in [-0.39, 0.29) is 39.3 Å². The van der Waals surface area contributed by atoms with E-state index in [1.807, 2.05) is 12.3 Å². The number of hydrogen-bond donors (Lipinski definition) is 0. The summed E-state index contributed by atoms with van der Waals surface area (Å²) < 4.78 is 0. The van der Waals surface area contributed by atoms with E-state index in [4.69, 9.17) is 4.98 Å². The number of aromatic nitrogens is 1. The van der Waals surface area contributed by atoms with Gasteiger partial charge in [-0.3, -0.25) is 4.98 Å². The van der Waals surface area contributed by atoms with Crippen LogP contribution in [-0.4, -0.2) is 17.2 Å². The zero-order valence-corrected chi connectivity index (χ0v) is 45.8. The maximum absolute atomic E-state index is 4.88. The Morgan fingerprint density at radius 1 is 0.419 bits per heavy atom. The first-order valence-corrected chi connectivity index (χ1v) is 28.4. The third-order valence-corrected chi connectivity index (χ3v) is 20.3. The van der Waals surface area contributed by atoms with Crippen LogP contribution in [0.15, 0.2) is 115 Å². The Hall–Kier alpha value is -6.07. The molecule has 0 bridgehead atoms. The largest absolute Gasteiger partial charge is 0.334 e. The average Bonchev–Trinajstić information content (AvgIpc) is 4.18. The van der Waals surface area contributed by atoms with Crippen LogP contribution in [0.5, 0.6) is 0 Å². The van der Waals surface area contributed by atoms with Crippen LogP contribution in [0.3, 0.4) is 0 Å². The Bertz CT molecular complexity index is 3430. The minimum absolute atomic E-state index is 0.0556. The van der Waals surface area contributed by atoms with Crippen LogP contribution < -0.4 is 31.1 Å². The molecule has 0 N–H and O–H groups in total. The number of nitrogens with zero attached hydrogens (tertiary/aromatic N) is 4. The summed E-state index contributed by atoms with van der Waals surface area (Å²) in [6, 6.07) is 44.9. The summed E-state index contributed by atoms with van der Waals surface area (Å²) in [5, 5.41) is 0. The van der Waals surface area contributed by atoms with Crippen LogP contribution in [0.4, 0.5) is 45.5 Å². The molecule has 4 nitrogen and oxygen atoms in total. The van der Waals surface area contributed by atoms with Gasteiger partial charge in [0, 0.05) is 62.7 Å². The number of fused-ring (bicyclic) bond motifs is 11. The van der Waals surface area contributed by atoms with Gasteiger partial charge in [-0.15, -0.1) is 0 Å². The smallest absolute Gasteiger partial charge is 0.252 e. The van der Waals surface area contributed by atoms with Gasteiger partial charge in [0.05, 0.1) is 11.2 Å². The van der Waals surface area contributed by atoms with E-state index in [0.717, 1.165) is 69.9 Å². The van der Waals surface area contributed by atoms with Crippen molar-refractivity contribution in [3.63, 3.8) is 0 Å². The highest BCUT2D eigenvalue weighted by Crippen LogP contribution is 2.62. The lowest BCUT2D eigenvalue weighted by Crippen LogP contribution is -2.62. The summed E-state index contributed by atoms with van der Waals surface area (Å²) in [6.45, 7) is 25.0. The summed E-state index contributed by atoms with van der Waals surface area (Å²) >= 11 is 0. The lowest BCUT2D eigenvalue weighted by molar-refractivity contribution is 0.195. The molecule has 5 heteroatoms. The first-order chi connectivity index (χ1) is 35.2. The van der Waals surface area contributed by atoms with Gasteiger partial charge >= 0.3 is 0 Å². The Kier molecular flexibility index (Phi) is 9.10. The van der Waals surface area contributed by atoms with E-state index in [9.17, 15) is 0 Å². The maximum atomic E-state index is 4.88. The summed E-state index contributed by atoms with van der Waals surface area (Å²) in [7, 11) is 0. The maximum Gasteiger partial charge on any atom is 0.252 e. The Morgan fingerprint density at radius 3 is 1.42 bits per heavy atom. The van der Waals surface area contributed by atoms with Gasteiger partial charge in [0.1, 0.15) is 0 Å². The predicted octanol–water partition coefficient (Wildman–Crippen LogP) is 15.1. The molecule has 2 atom stereocenters. The first-order valence-electron chi connectivity index (χ1n) is 28.4. The molecule has 1 aromatic heterocycles. The van der Waals surface area contributed by atoms with Crippen molar-refractivity contribution in [1.29, 1.82) is 0 Å². The molecule has 8 aliphatic rings. The van der Waals surface area contributed by atoms with E-state index in [1.165, 1.54) is 119 Å². The number of pyridine rings is 1. The molecular weight excluding hydrogens is 896 g/mol. The molecule has 1 saturated carbocycles. The molecule has 372 valence electrons. The summed E-state index contributed by atoms with van der Waals surface area (Å²) in [6.07, 6.45) is 15.6. The van der Waals surface area contributed by atoms with Gasteiger partial charge in [-0.1, -0.05) is 112 Å². The van der Waals surface area contributed by atoms with Crippen molar-refractivity contribution in [2.24, 2.45) is 21.7 Å². The Labute approximate surface area is 441 Å². The molecule has 4 heterocycles. The molecular formula is C69H73BN4. The Morgan fingerprint density at radius 2 is 0.905 bits per heavy atom. The minimum atomic E-state index is -0.150. The third-order valence-electron chi connectivity index (χ3n) is 20.3. The molecule has 15 rings (SSSR count). The molecule has 7 aromatic rings. The fraction of sp³-hybridized carbons (Fsp3) is 0.406. The van der Waals surface area contributed by atoms with Crippen LogP contribution in [-0.2, 0) is 56.8 Å². The van der Waals surface area contributed by atoms with Gasteiger partial charge in [0.2, 0.25) is 0 Å². The van der Waals surface area contributed by atoms with Crippen molar-refractivity contribution in [2.75, 3.05) is 14.7 Å². The average molecular weight is 969 g/mol. The van der Waals surface area contributed by atoms with E-state index in [0.29, 0.717) is 0 Å². The second kappa shape index (κ2) is 14.9. The molecule has 0 amide bonds. The van der Waals surface area contributed by atoms with Crippen molar-refractivity contribution in [2.45, 2.75) is 157 Å². The van der Waals surface area contributed by atoms with Gasteiger partial charge in [0.15, 0.2) is 0 Å². The van der Waals surface area contributed by atoms with Crippen molar-refractivity contribution in [1.82, 2.24) is 4.98 Å². The van der Waals surface area contributed by atoms with Crippen LogP contribution >= 0.6 is 0 Å². The molecule has 74 heavy (non-hydrogen) atoms. The van der Waals surface area contributed by atoms with Gasteiger partial charge in [-0.05, 0) is 232 Å². The minimum Gasteiger partial charge on any atom is -0.334 e. The van der Waals surface area contributed by atoms with Crippen LogP contribution in [0.1, 0.15) is 145 Å².